The summed E-state index contributed by atoms with van der Waals surface area (Å²) >= 11 is -0.195. The van der Waals surface area contributed by atoms with Gasteiger partial charge in [0.25, 0.3) is 0 Å². The van der Waals surface area contributed by atoms with E-state index in [0.29, 0.717) is 5.56 Å². The number of ketones is 1. The molecule has 0 bridgehead atoms. The second-order valence-electron chi connectivity index (χ2n) is 2.94. The molecule has 1 nitrogen and oxygen atoms in total. The van der Waals surface area contributed by atoms with E-state index in [2.05, 4.69) is 0 Å². The van der Waals surface area contributed by atoms with Gasteiger partial charge in [0, 0.05) is 10.5 Å². The number of hydrogen-bond donors (Lipinski definition) is 0. The van der Waals surface area contributed by atoms with E-state index in [-0.39, 0.29) is 22.4 Å². The molecule has 0 heterocycles. The van der Waals surface area contributed by atoms with Crippen molar-refractivity contribution < 1.29 is 18.0 Å². The Hall–Kier alpha value is -1.23. The van der Waals surface area contributed by atoms with E-state index < -0.39 is 5.51 Å². The third kappa shape index (κ3) is 4.10. The molecule has 0 aliphatic carbocycles. The van der Waals surface area contributed by atoms with E-state index in [1.54, 1.807) is 13.0 Å². The van der Waals surface area contributed by atoms with Crippen LogP contribution in [-0.4, -0.2) is 11.3 Å². The number of hydrogen-bond acceptors (Lipinski definition) is 2. The Morgan fingerprint density at radius 2 is 1.81 bits per heavy atom. The van der Waals surface area contributed by atoms with E-state index in [4.69, 9.17) is 0 Å². The summed E-state index contributed by atoms with van der Waals surface area (Å²) in [6.07, 6.45) is 2.95. The lowest BCUT2D eigenvalue weighted by Crippen LogP contribution is -1.99. The molecule has 0 aliphatic heterocycles. The van der Waals surface area contributed by atoms with Crippen LogP contribution in [0.2, 0.25) is 0 Å². The summed E-state index contributed by atoms with van der Waals surface area (Å²) in [5, 5.41) is 0. The lowest BCUT2D eigenvalue weighted by Gasteiger charge is -2.05. The van der Waals surface area contributed by atoms with Crippen molar-refractivity contribution in [3.63, 3.8) is 0 Å². The van der Waals surface area contributed by atoms with Crippen molar-refractivity contribution in [2.24, 2.45) is 0 Å². The van der Waals surface area contributed by atoms with Crippen molar-refractivity contribution >= 4 is 17.5 Å². The van der Waals surface area contributed by atoms with E-state index in [9.17, 15) is 18.0 Å². The van der Waals surface area contributed by atoms with Crippen LogP contribution in [-0.2, 0) is 0 Å². The molecular formula is C11H9F3OS. The number of thioether (sulfide) groups is 1. The smallest absolute Gasteiger partial charge is 0.289 e. The highest BCUT2D eigenvalue weighted by atomic mass is 32.2. The third-order valence-corrected chi connectivity index (χ3v) is 2.43. The number of alkyl halides is 3. The predicted molar refractivity (Wildman–Crippen MR) is 57.5 cm³/mol. The molecule has 0 radical (unpaired) electrons. The average molecular weight is 246 g/mol. The Kier molecular flexibility index (Phi) is 4.18. The van der Waals surface area contributed by atoms with Crippen LogP contribution in [0, 0.1) is 0 Å². The van der Waals surface area contributed by atoms with Crippen LogP contribution in [0.5, 0.6) is 0 Å². The normalized spacial score (nSPS) is 12.0. The first-order chi connectivity index (χ1) is 7.42. The standard InChI is InChI=1S/C11H9F3OS/c1-2-3-10(15)8-4-6-9(7-5-8)16-11(12,13)14/h2-7H,1H3. The van der Waals surface area contributed by atoms with Gasteiger partial charge >= 0.3 is 5.51 Å². The van der Waals surface area contributed by atoms with Gasteiger partial charge in [-0.15, -0.1) is 0 Å². The molecule has 0 spiro atoms. The van der Waals surface area contributed by atoms with Gasteiger partial charge in [-0.05, 0) is 49.0 Å². The molecule has 5 heteroatoms. The fraction of sp³-hybridized carbons (Fsp3) is 0.182. The minimum absolute atomic E-state index is 0.0736. The van der Waals surface area contributed by atoms with Gasteiger partial charge in [0.1, 0.15) is 0 Å². The van der Waals surface area contributed by atoms with Crippen molar-refractivity contribution in [2.75, 3.05) is 0 Å². The van der Waals surface area contributed by atoms with Crippen molar-refractivity contribution in [2.45, 2.75) is 17.3 Å². The molecule has 1 rings (SSSR count). The summed E-state index contributed by atoms with van der Waals surface area (Å²) < 4.78 is 36.0. The predicted octanol–water partition coefficient (Wildman–Crippen LogP) is 4.06. The molecule has 16 heavy (non-hydrogen) atoms. The third-order valence-electron chi connectivity index (χ3n) is 1.69. The summed E-state index contributed by atoms with van der Waals surface area (Å²) in [6, 6.07) is 5.34. The van der Waals surface area contributed by atoms with Crippen molar-refractivity contribution in [3.05, 3.63) is 42.0 Å². The first kappa shape index (κ1) is 12.8. The molecular weight excluding hydrogens is 237 g/mol. The minimum Gasteiger partial charge on any atom is -0.289 e. The number of allylic oxidation sites excluding steroid dienone is 2. The largest absolute Gasteiger partial charge is 0.446 e. The molecule has 0 aromatic heterocycles. The first-order valence-corrected chi connectivity index (χ1v) is 5.27. The van der Waals surface area contributed by atoms with Gasteiger partial charge in [0.05, 0.1) is 0 Å². The minimum atomic E-state index is -4.30. The van der Waals surface area contributed by atoms with Gasteiger partial charge < -0.3 is 0 Å². The van der Waals surface area contributed by atoms with Gasteiger partial charge in [-0.1, -0.05) is 6.08 Å². The zero-order valence-corrected chi connectivity index (χ0v) is 9.23. The van der Waals surface area contributed by atoms with Crippen LogP contribution >= 0.6 is 11.8 Å². The number of rotatable bonds is 3. The van der Waals surface area contributed by atoms with Crippen LogP contribution in [0.25, 0.3) is 0 Å². The second-order valence-corrected chi connectivity index (χ2v) is 4.07. The fourth-order valence-corrected chi connectivity index (χ4v) is 1.61. The highest BCUT2D eigenvalue weighted by Crippen LogP contribution is 2.36. The Labute approximate surface area is 95.3 Å². The van der Waals surface area contributed by atoms with E-state index >= 15 is 0 Å². The second kappa shape index (κ2) is 5.21. The Morgan fingerprint density at radius 3 is 2.25 bits per heavy atom. The number of carbonyl (C=O) groups is 1. The van der Waals surface area contributed by atoms with Crippen molar-refractivity contribution in [3.8, 4) is 0 Å². The summed E-state index contributed by atoms with van der Waals surface area (Å²) in [5.41, 5.74) is -3.92. The zero-order valence-electron chi connectivity index (χ0n) is 8.41. The zero-order chi connectivity index (χ0) is 12.2. The van der Waals surface area contributed by atoms with Crippen LogP contribution < -0.4 is 0 Å². The topological polar surface area (TPSA) is 17.1 Å². The summed E-state index contributed by atoms with van der Waals surface area (Å²) in [6.45, 7) is 1.70. The van der Waals surface area contributed by atoms with Gasteiger partial charge in [0.15, 0.2) is 5.78 Å². The Balaban J connectivity index is 2.79. The highest BCUT2D eigenvalue weighted by Gasteiger charge is 2.29. The molecule has 0 aliphatic rings. The number of halogens is 3. The maximum Gasteiger partial charge on any atom is 0.446 e. The van der Waals surface area contributed by atoms with Crippen molar-refractivity contribution in [1.29, 1.82) is 0 Å². The molecule has 0 N–H and O–H groups in total. The molecule has 86 valence electrons. The van der Waals surface area contributed by atoms with Gasteiger partial charge in [-0.2, -0.15) is 13.2 Å². The summed E-state index contributed by atoms with van der Waals surface area (Å²) in [4.78, 5) is 11.4. The van der Waals surface area contributed by atoms with Crippen LogP contribution in [0.1, 0.15) is 17.3 Å². The highest BCUT2D eigenvalue weighted by molar-refractivity contribution is 8.00. The molecule has 0 saturated carbocycles. The van der Waals surface area contributed by atoms with E-state index in [1.165, 1.54) is 30.3 Å². The lowest BCUT2D eigenvalue weighted by molar-refractivity contribution is -0.0328. The molecule has 0 saturated heterocycles. The number of benzene rings is 1. The number of carbonyl (C=O) groups excluding carboxylic acids is 1. The summed E-state index contributed by atoms with van der Waals surface area (Å²) in [7, 11) is 0. The van der Waals surface area contributed by atoms with E-state index in [1.807, 2.05) is 0 Å². The Bertz CT molecular complexity index is 393. The van der Waals surface area contributed by atoms with Gasteiger partial charge in [-0.25, -0.2) is 0 Å². The molecule has 0 fully saturated rings. The maximum absolute atomic E-state index is 12.0. The van der Waals surface area contributed by atoms with Crippen molar-refractivity contribution in [1.82, 2.24) is 0 Å². The van der Waals surface area contributed by atoms with Crippen LogP contribution in [0.4, 0.5) is 13.2 Å². The van der Waals surface area contributed by atoms with E-state index in [0.717, 1.165) is 0 Å². The molecule has 0 amide bonds. The quantitative estimate of drug-likeness (QED) is 0.454. The Morgan fingerprint density at radius 1 is 1.25 bits per heavy atom. The maximum atomic E-state index is 12.0. The fourth-order valence-electron chi connectivity index (χ4n) is 1.07. The molecule has 0 atom stereocenters. The van der Waals surface area contributed by atoms with Crippen LogP contribution in [0.3, 0.4) is 0 Å². The van der Waals surface area contributed by atoms with Crippen LogP contribution in [0.15, 0.2) is 41.3 Å². The first-order valence-electron chi connectivity index (χ1n) is 4.45. The summed E-state index contributed by atoms with van der Waals surface area (Å²) in [5.74, 6) is -0.217. The molecule has 1 aromatic rings. The molecule has 1 aromatic carbocycles. The lowest BCUT2D eigenvalue weighted by atomic mass is 10.1. The SMILES string of the molecule is CC=CC(=O)c1ccc(SC(F)(F)F)cc1. The van der Waals surface area contributed by atoms with Gasteiger partial charge in [0.2, 0.25) is 0 Å². The monoisotopic (exact) mass is 246 g/mol. The molecule has 0 unspecified atom stereocenters. The average Bonchev–Trinajstić information content (AvgIpc) is 2.16. The van der Waals surface area contributed by atoms with Gasteiger partial charge in [-0.3, -0.25) is 4.79 Å².